The van der Waals surface area contributed by atoms with Crippen LogP contribution in [0.2, 0.25) is 10.2 Å². The van der Waals surface area contributed by atoms with E-state index in [1.165, 1.54) is 17.4 Å². The zero-order valence-corrected chi connectivity index (χ0v) is 24.7. The first-order chi connectivity index (χ1) is 19.5. The molecule has 0 unspecified atom stereocenters. The smallest absolute Gasteiger partial charge is 0.251 e. The molecule has 11 heteroatoms. The number of hydrogen-bond donors (Lipinski definition) is 1. The molecule has 3 aromatic rings. The van der Waals surface area contributed by atoms with Crippen molar-refractivity contribution < 1.29 is 9.53 Å². The number of rotatable bonds is 10. The van der Waals surface area contributed by atoms with E-state index in [2.05, 4.69) is 37.1 Å². The van der Waals surface area contributed by atoms with E-state index in [0.717, 1.165) is 81.9 Å². The third kappa shape index (κ3) is 8.24. The molecule has 2 aliphatic heterocycles. The summed E-state index contributed by atoms with van der Waals surface area (Å²) in [6, 6.07) is 17.5. The summed E-state index contributed by atoms with van der Waals surface area (Å²) in [5.41, 5.74) is 2.93. The summed E-state index contributed by atoms with van der Waals surface area (Å²) < 4.78 is 5.38. The van der Waals surface area contributed by atoms with E-state index < -0.39 is 0 Å². The van der Waals surface area contributed by atoms with Gasteiger partial charge in [-0.3, -0.25) is 9.69 Å². The van der Waals surface area contributed by atoms with Crippen molar-refractivity contribution in [1.82, 2.24) is 20.2 Å². The fourth-order valence-corrected chi connectivity index (χ4v) is 5.95. The fraction of sp³-hybridized carbons (Fsp3) is 0.414. The number of anilines is 2. The van der Waals surface area contributed by atoms with Crippen molar-refractivity contribution in [3.8, 4) is 0 Å². The Hall–Kier alpha value is -2.56. The molecule has 0 bridgehead atoms. The standard InChI is InChI=1S/C29H34Cl2N6O2S/c30-24-6-8-25(9-7-24)36-12-14-37(15-13-36)27-20-26(31)33-29(34-27)40-21-22-2-4-23(5-3-22)28(38)32-10-1-11-35-16-18-39-19-17-35/h2-9,20H,1,10-19,21H2,(H,32,38). The molecule has 40 heavy (non-hydrogen) atoms. The molecule has 0 radical (unpaired) electrons. The predicted octanol–water partition coefficient (Wildman–Crippen LogP) is 4.85. The number of aromatic nitrogens is 2. The third-order valence-corrected chi connectivity index (χ3v) is 8.44. The molecule has 3 heterocycles. The van der Waals surface area contributed by atoms with E-state index in [9.17, 15) is 4.79 Å². The first-order valence-electron chi connectivity index (χ1n) is 13.6. The van der Waals surface area contributed by atoms with Crippen LogP contribution in [-0.4, -0.2) is 86.3 Å². The largest absolute Gasteiger partial charge is 0.379 e. The van der Waals surface area contributed by atoms with Crippen molar-refractivity contribution in [2.24, 2.45) is 0 Å². The Labute approximate surface area is 250 Å². The first-order valence-corrected chi connectivity index (χ1v) is 15.4. The molecular formula is C29H34Cl2N6O2S. The SMILES string of the molecule is O=C(NCCCN1CCOCC1)c1ccc(CSc2nc(Cl)cc(N3CCN(c4ccc(Cl)cc4)CC3)n2)cc1. The minimum absolute atomic E-state index is 0.0415. The van der Waals surface area contributed by atoms with Gasteiger partial charge < -0.3 is 19.9 Å². The number of carbonyl (C=O) groups excluding carboxylic acids is 1. The van der Waals surface area contributed by atoms with Gasteiger partial charge in [0.25, 0.3) is 5.91 Å². The second-order valence-corrected chi connectivity index (χ2v) is 11.6. The molecule has 1 N–H and O–H groups in total. The van der Waals surface area contributed by atoms with Gasteiger partial charge in [0.05, 0.1) is 13.2 Å². The molecule has 212 valence electrons. The summed E-state index contributed by atoms with van der Waals surface area (Å²) in [4.78, 5) is 28.7. The maximum Gasteiger partial charge on any atom is 0.251 e. The van der Waals surface area contributed by atoms with E-state index in [0.29, 0.717) is 28.2 Å². The number of piperazine rings is 1. The maximum absolute atomic E-state index is 12.5. The van der Waals surface area contributed by atoms with Crippen molar-refractivity contribution in [3.05, 3.63) is 75.9 Å². The molecule has 0 saturated carbocycles. The highest BCUT2D eigenvalue weighted by atomic mass is 35.5. The molecule has 2 aliphatic rings. The van der Waals surface area contributed by atoms with Crippen LogP contribution in [0.25, 0.3) is 0 Å². The Morgan fingerprint density at radius 2 is 1.60 bits per heavy atom. The minimum atomic E-state index is -0.0415. The van der Waals surface area contributed by atoms with Gasteiger partial charge in [-0.15, -0.1) is 0 Å². The molecule has 1 aromatic heterocycles. The lowest BCUT2D eigenvalue weighted by atomic mass is 10.1. The average molecular weight is 602 g/mol. The highest BCUT2D eigenvalue weighted by Gasteiger charge is 2.20. The molecule has 2 aromatic carbocycles. The number of thioether (sulfide) groups is 1. The Kier molecular flexibility index (Phi) is 10.4. The van der Waals surface area contributed by atoms with Crippen LogP contribution in [0.1, 0.15) is 22.3 Å². The molecule has 1 amide bonds. The molecule has 0 spiro atoms. The Morgan fingerprint density at radius 3 is 2.33 bits per heavy atom. The number of hydrogen-bond acceptors (Lipinski definition) is 8. The van der Waals surface area contributed by atoms with E-state index in [1.54, 1.807) is 0 Å². The number of carbonyl (C=O) groups is 1. The zero-order valence-electron chi connectivity index (χ0n) is 22.4. The third-order valence-electron chi connectivity index (χ3n) is 7.08. The quantitative estimate of drug-likeness (QED) is 0.153. The second kappa shape index (κ2) is 14.4. The number of morpholine rings is 1. The lowest BCUT2D eigenvalue weighted by Crippen LogP contribution is -2.46. The zero-order chi connectivity index (χ0) is 27.7. The van der Waals surface area contributed by atoms with Gasteiger partial charge in [-0.25, -0.2) is 9.97 Å². The lowest BCUT2D eigenvalue weighted by molar-refractivity contribution is 0.0374. The highest BCUT2D eigenvalue weighted by molar-refractivity contribution is 7.98. The summed E-state index contributed by atoms with van der Waals surface area (Å²) in [5.74, 6) is 1.49. The second-order valence-electron chi connectivity index (χ2n) is 9.83. The summed E-state index contributed by atoms with van der Waals surface area (Å²) in [6.07, 6.45) is 0.931. The number of nitrogens with one attached hydrogen (secondary N) is 1. The van der Waals surface area contributed by atoms with Crippen LogP contribution in [0.4, 0.5) is 11.5 Å². The number of amides is 1. The summed E-state index contributed by atoms with van der Waals surface area (Å²) in [6.45, 7) is 8.64. The van der Waals surface area contributed by atoms with Gasteiger partial charge in [0.2, 0.25) is 0 Å². The Morgan fingerprint density at radius 1 is 0.900 bits per heavy atom. The van der Waals surface area contributed by atoms with E-state index in [-0.39, 0.29) is 5.91 Å². The van der Waals surface area contributed by atoms with Crippen molar-refractivity contribution >= 4 is 52.4 Å². The summed E-state index contributed by atoms with van der Waals surface area (Å²) in [5, 5.41) is 4.85. The molecule has 0 aliphatic carbocycles. The lowest BCUT2D eigenvalue weighted by Gasteiger charge is -2.36. The Bertz CT molecular complexity index is 1250. The van der Waals surface area contributed by atoms with Gasteiger partial charge >= 0.3 is 0 Å². The van der Waals surface area contributed by atoms with Gasteiger partial charge in [0.1, 0.15) is 11.0 Å². The van der Waals surface area contributed by atoms with Gasteiger partial charge in [-0.1, -0.05) is 47.1 Å². The predicted molar refractivity (Wildman–Crippen MR) is 163 cm³/mol. The van der Waals surface area contributed by atoms with Crippen LogP contribution >= 0.6 is 35.0 Å². The number of benzene rings is 2. The maximum atomic E-state index is 12.5. The van der Waals surface area contributed by atoms with Crippen LogP contribution in [-0.2, 0) is 10.5 Å². The first kappa shape index (κ1) is 29.0. The topological polar surface area (TPSA) is 73.8 Å². The highest BCUT2D eigenvalue weighted by Crippen LogP contribution is 2.26. The van der Waals surface area contributed by atoms with E-state index >= 15 is 0 Å². The normalized spacial score (nSPS) is 16.2. The monoisotopic (exact) mass is 600 g/mol. The van der Waals surface area contributed by atoms with Crippen molar-refractivity contribution in [1.29, 1.82) is 0 Å². The Balaban J connectivity index is 1.08. The van der Waals surface area contributed by atoms with Crippen LogP contribution in [0.15, 0.2) is 59.8 Å². The van der Waals surface area contributed by atoms with Gasteiger partial charge in [0, 0.05) is 73.9 Å². The van der Waals surface area contributed by atoms with Crippen LogP contribution in [0.5, 0.6) is 0 Å². The minimum Gasteiger partial charge on any atom is -0.379 e. The van der Waals surface area contributed by atoms with Gasteiger partial charge in [0.15, 0.2) is 5.16 Å². The molecular weight excluding hydrogens is 567 g/mol. The summed E-state index contributed by atoms with van der Waals surface area (Å²) >= 11 is 13.9. The average Bonchev–Trinajstić information content (AvgIpc) is 2.99. The molecule has 5 rings (SSSR count). The molecule has 2 saturated heterocycles. The van der Waals surface area contributed by atoms with Crippen molar-refractivity contribution in [2.75, 3.05) is 75.4 Å². The van der Waals surface area contributed by atoms with Crippen LogP contribution < -0.4 is 15.1 Å². The van der Waals surface area contributed by atoms with Gasteiger partial charge in [-0.2, -0.15) is 0 Å². The number of halogens is 2. The molecule has 0 atom stereocenters. The fourth-order valence-electron chi connectivity index (χ4n) is 4.79. The van der Waals surface area contributed by atoms with Crippen LogP contribution in [0, 0.1) is 0 Å². The van der Waals surface area contributed by atoms with E-state index in [1.807, 2.05) is 42.5 Å². The molecule has 8 nitrogen and oxygen atoms in total. The van der Waals surface area contributed by atoms with E-state index in [4.69, 9.17) is 32.9 Å². The molecule has 2 fully saturated rings. The van der Waals surface area contributed by atoms with Gasteiger partial charge in [-0.05, 0) is 54.9 Å². The number of ether oxygens (including phenoxy) is 1. The van der Waals surface area contributed by atoms with Crippen molar-refractivity contribution in [2.45, 2.75) is 17.3 Å². The number of nitrogens with zero attached hydrogens (tertiary/aromatic N) is 5. The summed E-state index contributed by atoms with van der Waals surface area (Å²) in [7, 11) is 0. The van der Waals surface area contributed by atoms with Crippen molar-refractivity contribution in [3.63, 3.8) is 0 Å². The van der Waals surface area contributed by atoms with Crippen LogP contribution in [0.3, 0.4) is 0 Å².